The van der Waals surface area contributed by atoms with E-state index in [2.05, 4.69) is 5.10 Å². The maximum absolute atomic E-state index is 6.51. The van der Waals surface area contributed by atoms with E-state index in [9.17, 15) is 0 Å². The summed E-state index contributed by atoms with van der Waals surface area (Å²) in [5.41, 5.74) is 3.82. The summed E-state index contributed by atoms with van der Waals surface area (Å²) >= 11 is 6.51. The predicted octanol–water partition coefficient (Wildman–Crippen LogP) is 4.48. The molecular formula is C18H17ClN2O. The number of hydrogen-bond donors (Lipinski definition) is 0. The highest BCUT2D eigenvalue weighted by Gasteiger charge is 2.25. The third kappa shape index (κ3) is 2.65. The summed E-state index contributed by atoms with van der Waals surface area (Å²) < 4.78 is 7.43. The van der Waals surface area contributed by atoms with Crippen LogP contribution in [0.4, 0.5) is 0 Å². The number of rotatable bonds is 4. The molecule has 112 valence electrons. The third-order valence-electron chi connectivity index (χ3n) is 3.66. The molecule has 0 aliphatic rings. The predicted molar refractivity (Wildman–Crippen MR) is 88.9 cm³/mol. The molecule has 2 aromatic carbocycles. The lowest BCUT2D eigenvalue weighted by molar-refractivity contribution is 0.137. The first-order chi connectivity index (χ1) is 10.7. The smallest absolute Gasteiger partial charge is 0.133 e. The maximum Gasteiger partial charge on any atom is 0.133 e. The lowest BCUT2D eigenvalue weighted by Crippen LogP contribution is -2.05. The normalized spacial score (nSPS) is 12.3. The monoisotopic (exact) mass is 312 g/mol. The number of halogens is 1. The van der Waals surface area contributed by atoms with Gasteiger partial charge >= 0.3 is 0 Å². The fourth-order valence-corrected chi connectivity index (χ4v) is 2.84. The lowest BCUT2D eigenvalue weighted by atomic mass is 9.98. The van der Waals surface area contributed by atoms with Crippen molar-refractivity contribution < 1.29 is 4.74 Å². The van der Waals surface area contributed by atoms with Crippen molar-refractivity contribution in [3.05, 3.63) is 76.9 Å². The number of hydrogen-bond acceptors (Lipinski definition) is 2. The van der Waals surface area contributed by atoms with Crippen LogP contribution in [-0.2, 0) is 11.8 Å². The first kappa shape index (κ1) is 14.8. The number of ether oxygens (including phenoxy) is 1. The van der Waals surface area contributed by atoms with E-state index in [1.807, 2.05) is 67.7 Å². The van der Waals surface area contributed by atoms with Gasteiger partial charge in [0.25, 0.3) is 0 Å². The molecule has 0 aliphatic carbocycles. The molecule has 22 heavy (non-hydrogen) atoms. The summed E-state index contributed by atoms with van der Waals surface area (Å²) in [5, 5.41) is 5.17. The zero-order valence-electron chi connectivity index (χ0n) is 12.5. The quantitative estimate of drug-likeness (QED) is 0.710. The molecule has 0 unspecified atom stereocenters. The van der Waals surface area contributed by atoms with Crippen molar-refractivity contribution in [2.24, 2.45) is 7.05 Å². The minimum absolute atomic E-state index is 0.252. The molecule has 0 fully saturated rings. The minimum atomic E-state index is -0.252. The van der Waals surface area contributed by atoms with Crippen molar-refractivity contribution in [1.82, 2.24) is 9.78 Å². The van der Waals surface area contributed by atoms with Crippen LogP contribution in [0.5, 0.6) is 0 Å². The average Bonchev–Trinajstić information content (AvgIpc) is 2.86. The van der Waals surface area contributed by atoms with Gasteiger partial charge in [0.15, 0.2) is 0 Å². The van der Waals surface area contributed by atoms with E-state index in [-0.39, 0.29) is 6.10 Å². The van der Waals surface area contributed by atoms with Crippen molar-refractivity contribution in [1.29, 1.82) is 0 Å². The van der Waals surface area contributed by atoms with Crippen molar-refractivity contribution in [3.8, 4) is 11.3 Å². The zero-order valence-corrected chi connectivity index (χ0v) is 13.3. The van der Waals surface area contributed by atoms with Crippen LogP contribution in [0, 0.1) is 0 Å². The molecule has 1 heterocycles. The molecule has 1 atom stereocenters. The van der Waals surface area contributed by atoms with E-state index < -0.39 is 0 Å². The second-order valence-electron chi connectivity index (χ2n) is 5.07. The van der Waals surface area contributed by atoms with Gasteiger partial charge in [-0.05, 0) is 5.56 Å². The Morgan fingerprint density at radius 1 is 1.00 bits per heavy atom. The molecule has 0 amide bonds. The first-order valence-electron chi connectivity index (χ1n) is 7.08. The fourth-order valence-electron chi connectivity index (χ4n) is 2.61. The summed E-state index contributed by atoms with van der Waals surface area (Å²) in [6.45, 7) is 0. The molecule has 0 aliphatic heterocycles. The van der Waals surface area contributed by atoms with Crippen LogP contribution in [0.3, 0.4) is 0 Å². The van der Waals surface area contributed by atoms with Gasteiger partial charge in [0.2, 0.25) is 0 Å². The Bertz CT molecular complexity index is 754. The van der Waals surface area contributed by atoms with Crippen LogP contribution in [0.15, 0.2) is 60.7 Å². The van der Waals surface area contributed by atoms with Crippen LogP contribution >= 0.6 is 11.6 Å². The Hall–Kier alpha value is -2.10. The fraction of sp³-hybridized carbons (Fsp3) is 0.167. The molecule has 3 aromatic rings. The Kier molecular flexibility index (Phi) is 4.27. The van der Waals surface area contributed by atoms with Gasteiger partial charge in [-0.2, -0.15) is 5.10 Å². The highest BCUT2D eigenvalue weighted by Crippen LogP contribution is 2.37. The minimum Gasteiger partial charge on any atom is -0.372 e. The van der Waals surface area contributed by atoms with Crippen molar-refractivity contribution in [3.63, 3.8) is 0 Å². The summed E-state index contributed by atoms with van der Waals surface area (Å²) in [6.07, 6.45) is -0.252. The third-order valence-corrected chi connectivity index (χ3v) is 4.11. The molecule has 0 N–H and O–H groups in total. The molecular weight excluding hydrogens is 296 g/mol. The van der Waals surface area contributed by atoms with Crippen molar-refractivity contribution in [2.75, 3.05) is 7.11 Å². The molecule has 1 aromatic heterocycles. The van der Waals surface area contributed by atoms with E-state index >= 15 is 0 Å². The standard InChI is InChI=1S/C18H17ClN2O/c1-21-18(19)15(16(20-21)13-9-5-3-6-10-13)17(22-2)14-11-7-4-8-12-14/h3-12,17H,1-2H3/t17-/m0/s1. The summed E-state index contributed by atoms with van der Waals surface area (Å²) in [6, 6.07) is 20.1. The van der Waals surface area contributed by atoms with Gasteiger partial charge in [-0.25, -0.2) is 0 Å². The second-order valence-corrected chi connectivity index (χ2v) is 5.43. The molecule has 3 rings (SSSR count). The van der Waals surface area contributed by atoms with Crippen LogP contribution in [0.2, 0.25) is 5.15 Å². The number of benzene rings is 2. The van der Waals surface area contributed by atoms with Gasteiger partial charge in [0, 0.05) is 19.7 Å². The summed E-state index contributed by atoms with van der Waals surface area (Å²) in [7, 11) is 3.53. The van der Waals surface area contributed by atoms with Gasteiger partial charge in [-0.3, -0.25) is 4.68 Å². The Morgan fingerprint density at radius 2 is 1.59 bits per heavy atom. The Labute approximate surface area is 135 Å². The average molecular weight is 313 g/mol. The highest BCUT2D eigenvalue weighted by molar-refractivity contribution is 6.30. The number of aryl methyl sites for hydroxylation is 1. The molecule has 0 saturated carbocycles. The molecule has 4 heteroatoms. The van der Waals surface area contributed by atoms with Crippen molar-refractivity contribution >= 4 is 11.6 Å². The molecule has 0 bridgehead atoms. The van der Waals surface area contributed by atoms with E-state index in [1.54, 1.807) is 11.8 Å². The van der Waals surface area contributed by atoms with Crippen LogP contribution in [-0.4, -0.2) is 16.9 Å². The van der Waals surface area contributed by atoms with Gasteiger partial charge in [0.05, 0.1) is 5.56 Å². The zero-order chi connectivity index (χ0) is 15.5. The molecule has 3 nitrogen and oxygen atoms in total. The van der Waals surface area contributed by atoms with Gasteiger partial charge in [0.1, 0.15) is 17.0 Å². The van der Waals surface area contributed by atoms with E-state index in [4.69, 9.17) is 16.3 Å². The number of methoxy groups -OCH3 is 1. The van der Waals surface area contributed by atoms with Gasteiger partial charge in [-0.1, -0.05) is 72.3 Å². The largest absolute Gasteiger partial charge is 0.372 e. The summed E-state index contributed by atoms with van der Waals surface area (Å²) in [5.74, 6) is 0. The maximum atomic E-state index is 6.51. The highest BCUT2D eigenvalue weighted by atomic mass is 35.5. The van der Waals surface area contributed by atoms with E-state index in [1.165, 1.54) is 0 Å². The lowest BCUT2D eigenvalue weighted by Gasteiger charge is -2.16. The van der Waals surface area contributed by atoms with Crippen LogP contribution in [0.25, 0.3) is 11.3 Å². The molecule has 0 saturated heterocycles. The first-order valence-corrected chi connectivity index (χ1v) is 7.45. The topological polar surface area (TPSA) is 27.1 Å². The Balaban J connectivity index is 2.17. The second kappa shape index (κ2) is 6.34. The SMILES string of the molecule is CO[C@@H](c1ccccc1)c1c(-c2ccccc2)nn(C)c1Cl. The molecule has 0 radical (unpaired) electrons. The van der Waals surface area contributed by atoms with Crippen molar-refractivity contribution in [2.45, 2.75) is 6.10 Å². The molecule has 0 spiro atoms. The van der Waals surface area contributed by atoms with E-state index in [0.717, 1.165) is 22.4 Å². The van der Waals surface area contributed by atoms with Gasteiger partial charge < -0.3 is 4.74 Å². The number of aromatic nitrogens is 2. The van der Waals surface area contributed by atoms with Crippen LogP contribution in [0.1, 0.15) is 17.2 Å². The van der Waals surface area contributed by atoms with E-state index in [0.29, 0.717) is 5.15 Å². The Morgan fingerprint density at radius 3 is 2.18 bits per heavy atom. The summed E-state index contributed by atoms with van der Waals surface area (Å²) in [4.78, 5) is 0. The number of nitrogens with zero attached hydrogens (tertiary/aromatic N) is 2. The van der Waals surface area contributed by atoms with Crippen LogP contribution < -0.4 is 0 Å². The van der Waals surface area contributed by atoms with Gasteiger partial charge in [-0.15, -0.1) is 0 Å².